The van der Waals surface area contributed by atoms with Gasteiger partial charge in [0.2, 0.25) is 11.9 Å². The van der Waals surface area contributed by atoms with E-state index in [1.807, 2.05) is 25.1 Å². The number of nitrogens with zero attached hydrogens (tertiary/aromatic N) is 4. The number of alkyl halides is 1. The van der Waals surface area contributed by atoms with Gasteiger partial charge in [-0.1, -0.05) is 6.07 Å². The molecule has 2 aromatic rings. The van der Waals surface area contributed by atoms with Crippen LogP contribution in [0.25, 0.3) is 0 Å². The summed E-state index contributed by atoms with van der Waals surface area (Å²) in [4.78, 5) is 16.2. The van der Waals surface area contributed by atoms with Gasteiger partial charge in [-0.05, 0) is 45.7 Å². The first-order valence-electron chi connectivity index (χ1n) is 7.22. The summed E-state index contributed by atoms with van der Waals surface area (Å²) in [5.74, 6) is 0.330. The minimum Gasteiger partial charge on any atom is -0.368 e. The monoisotopic (exact) mass is 304 g/mol. The number of rotatable bonds is 6. The Morgan fingerprint density at radius 3 is 2.68 bits per heavy atom. The highest BCUT2D eigenvalue weighted by molar-refractivity contribution is 5.33. The normalized spacial score (nSPS) is 12.9. The largest absolute Gasteiger partial charge is 0.368 e. The maximum atomic E-state index is 13.9. The first-order valence-corrected chi connectivity index (χ1v) is 7.22. The van der Waals surface area contributed by atoms with Gasteiger partial charge in [-0.25, -0.2) is 4.39 Å². The van der Waals surface area contributed by atoms with E-state index in [0.717, 1.165) is 18.5 Å². The summed E-state index contributed by atoms with van der Waals surface area (Å²) in [6.45, 7) is 4.77. The van der Waals surface area contributed by atoms with Crippen LogP contribution >= 0.6 is 0 Å². The van der Waals surface area contributed by atoms with Crippen LogP contribution < -0.4 is 11.1 Å². The van der Waals surface area contributed by atoms with E-state index < -0.39 is 5.67 Å². The number of halogens is 1. The number of hydrogen-bond acceptors (Lipinski definition) is 6. The van der Waals surface area contributed by atoms with E-state index in [9.17, 15) is 4.39 Å². The average Bonchev–Trinajstić information content (AvgIpc) is 2.45. The molecule has 2 heterocycles. The first kappa shape index (κ1) is 16.1. The zero-order valence-corrected chi connectivity index (χ0v) is 13.0. The molecular weight excluding hydrogens is 283 g/mol. The number of anilines is 2. The minimum atomic E-state index is -1.66. The average molecular weight is 304 g/mol. The summed E-state index contributed by atoms with van der Waals surface area (Å²) in [5.41, 5.74) is 4.98. The van der Waals surface area contributed by atoms with Gasteiger partial charge in [-0.15, -0.1) is 0 Å². The molecule has 22 heavy (non-hydrogen) atoms. The van der Waals surface area contributed by atoms with Crippen molar-refractivity contribution >= 4 is 11.9 Å². The van der Waals surface area contributed by atoms with E-state index in [0.29, 0.717) is 5.95 Å². The molecule has 0 aromatic carbocycles. The fourth-order valence-corrected chi connectivity index (χ4v) is 1.93. The summed E-state index contributed by atoms with van der Waals surface area (Å²) in [6, 6.07) is 5.93. The van der Waals surface area contributed by atoms with Crippen molar-refractivity contribution in [2.24, 2.45) is 0 Å². The molecule has 6 nitrogen and oxygen atoms in total. The van der Waals surface area contributed by atoms with E-state index in [4.69, 9.17) is 5.73 Å². The molecule has 118 valence electrons. The molecule has 2 rings (SSSR count). The van der Waals surface area contributed by atoms with Crippen LogP contribution in [0.15, 0.2) is 24.4 Å². The lowest BCUT2D eigenvalue weighted by atomic mass is 10.1. The molecule has 1 unspecified atom stereocenters. The lowest BCUT2D eigenvalue weighted by Gasteiger charge is -2.17. The van der Waals surface area contributed by atoms with Crippen LogP contribution in [0, 0.1) is 0 Å². The van der Waals surface area contributed by atoms with Gasteiger partial charge in [0.1, 0.15) is 0 Å². The van der Waals surface area contributed by atoms with Crippen molar-refractivity contribution in [1.29, 1.82) is 0 Å². The Hall–Kier alpha value is -2.31. The molecule has 1 atom stereocenters. The SMILES string of the molecule is CC(CCc1ccccn1)Nc1nc(N)nc(C(C)(C)F)n1. The Balaban J connectivity index is 1.99. The maximum absolute atomic E-state index is 13.9. The van der Waals surface area contributed by atoms with Crippen molar-refractivity contribution in [1.82, 2.24) is 19.9 Å². The Morgan fingerprint density at radius 1 is 1.27 bits per heavy atom. The highest BCUT2D eigenvalue weighted by Crippen LogP contribution is 2.22. The zero-order valence-electron chi connectivity index (χ0n) is 13.0. The summed E-state index contributed by atoms with van der Waals surface area (Å²) < 4.78 is 13.9. The summed E-state index contributed by atoms with van der Waals surface area (Å²) >= 11 is 0. The van der Waals surface area contributed by atoms with E-state index in [-0.39, 0.29) is 17.8 Å². The van der Waals surface area contributed by atoms with E-state index in [1.54, 1.807) is 6.20 Å². The molecule has 0 saturated carbocycles. The number of pyridine rings is 1. The molecule has 0 spiro atoms. The summed E-state index contributed by atoms with van der Waals surface area (Å²) in [7, 11) is 0. The lowest BCUT2D eigenvalue weighted by Crippen LogP contribution is -2.22. The smallest absolute Gasteiger partial charge is 0.228 e. The minimum absolute atomic E-state index is 0.00940. The number of nitrogens with one attached hydrogen (secondary N) is 1. The molecule has 0 saturated heterocycles. The van der Waals surface area contributed by atoms with Crippen LogP contribution in [0.1, 0.15) is 38.7 Å². The third-order valence-electron chi connectivity index (χ3n) is 3.12. The predicted molar refractivity (Wildman–Crippen MR) is 84.0 cm³/mol. The van der Waals surface area contributed by atoms with Crippen molar-refractivity contribution in [3.8, 4) is 0 Å². The highest BCUT2D eigenvalue weighted by Gasteiger charge is 2.24. The fourth-order valence-electron chi connectivity index (χ4n) is 1.93. The Morgan fingerprint density at radius 2 is 2.05 bits per heavy atom. The molecule has 0 fully saturated rings. The Labute approximate surface area is 129 Å². The van der Waals surface area contributed by atoms with Gasteiger partial charge in [-0.2, -0.15) is 15.0 Å². The van der Waals surface area contributed by atoms with Crippen molar-refractivity contribution < 1.29 is 4.39 Å². The maximum Gasteiger partial charge on any atom is 0.228 e. The zero-order chi connectivity index (χ0) is 16.2. The van der Waals surface area contributed by atoms with Gasteiger partial charge in [-0.3, -0.25) is 4.98 Å². The number of nitrogen functional groups attached to an aromatic ring is 1. The molecule has 2 aromatic heterocycles. The van der Waals surface area contributed by atoms with Crippen LogP contribution in [0.3, 0.4) is 0 Å². The van der Waals surface area contributed by atoms with Gasteiger partial charge in [0.15, 0.2) is 11.5 Å². The lowest BCUT2D eigenvalue weighted by molar-refractivity contribution is 0.206. The standard InChI is InChI=1S/C15H21FN6/c1-10(7-8-11-6-4-5-9-18-11)19-14-21-12(15(2,3)16)20-13(17)22-14/h4-6,9-10H,7-8H2,1-3H3,(H3,17,19,20,21,22). The van der Waals surface area contributed by atoms with Gasteiger partial charge in [0.25, 0.3) is 0 Å². The van der Waals surface area contributed by atoms with Gasteiger partial charge < -0.3 is 11.1 Å². The van der Waals surface area contributed by atoms with E-state index >= 15 is 0 Å². The van der Waals surface area contributed by atoms with Crippen LogP contribution in [-0.4, -0.2) is 26.0 Å². The fraction of sp³-hybridized carbons (Fsp3) is 0.467. The van der Waals surface area contributed by atoms with Crippen LogP contribution in [-0.2, 0) is 12.1 Å². The van der Waals surface area contributed by atoms with Gasteiger partial charge in [0, 0.05) is 17.9 Å². The second kappa shape index (κ2) is 6.64. The molecular formula is C15H21FN6. The van der Waals surface area contributed by atoms with Crippen molar-refractivity contribution in [2.45, 2.75) is 45.3 Å². The molecule has 0 radical (unpaired) electrons. The topological polar surface area (TPSA) is 89.6 Å². The van der Waals surface area contributed by atoms with E-state index in [1.165, 1.54) is 13.8 Å². The van der Waals surface area contributed by atoms with Crippen LogP contribution in [0.2, 0.25) is 0 Å². The molecule has 0 aliphatic heterocycles. The summed E-state index contributed by atoms with van der Waals surface area (Å²) in [5, 5.41) is 3.13. The third-order valence-corrected chi connectivity index (χ3v) is 3.12. The Kier molecular flexibility index (Phi) is 4.85. The number of aromatic nitrogens is 4. The van der Waals surface area contributed by atoms with E-state index in [2.05, 4.69) is 25.3 Å². The second-order valence-electron chi connectivity index (χ2n) is 5.72. The van der Waals surface area contributed by atoms with Crippen LogP contribution in [0.5, 0.6) is 0 Å². The highest BCUT2D eigenvalue weighted by atomic mass is 19.1. The third kappa shape index (κ3) is 4.61. The number of nitrogens with two attached hydrogens (primary N) is 1. The quantitative estimate of drug-likeness (QED) is 0.852. The predicted octanol–water partition coefficient (Wildman–Crippen LogP) is 2.49. The number of aryl methyl sites for hydroxylation is 1. The van der Waals surface area contributed by atoms with Gasteiger partial charge in [0.05, 0.1) is 0 Å². The van der Waals surface area contributed by atoms with Gasteiger partial charge >= 0.3 is 0 Å². The molecule has 0 aliphatic rings. The molecule has 3 N–H and O–H groups in total. The van der Waals surface area contributed by atoms with Crippen molar-refractivity contribution in [3.05, 3.63) is 35.9 Å². The number of hydrogen-bond donors (Lipinski definition) is 2. The van der Waals surface area contributed by atoms with Crippen molar-refractivity contribution in [3.63, 3.8) is 0 Å². The second-order valence-corrected chi connectivity index (χ2v) is 5.72. The van der Waals surface area contributed by atoms with Crippen LogP contribution in [0.4, 0.5) is 16.3 Å². The summed E-state index contributed by atoms with van der Waals surface area (Å²) in [6.07, 6.45) is 3.45. The first-order chi connectivity index (χ1) is 10.3. The van der Waals surface area contributed by atoms with Crippen molar-refractivity contribution in [2.75, 3.05) is 11.1 Å². The molecule has 0 amide bonds. The molecule has 0 aliphatic carbocycles. The molecule has 0 bridgehead atoms. The molecule has 7 heteroatoms. The Bertz CT molecular complexity index is 611.